The van der Waals surface area contributed by atoms with Crippen LogP contribution in [0.4, 0.5) is 21.5 Å². The van der Waals surface area contributed by atoms with Gasteiger partial charge in [-0.3, -0.25) is 10.1 Å². The lowest BCUT2D eigenvalue weighted by Crippen LogP contribution is -2.33. The van der Waals surface area contributed by atoms with E-state index in [1.807, 2.05) is 9.80 Å². The second kappa shape index (κ2) is 6.10. The van der Waals surface area contributed by atoms with Gasteiger partial charge in [0, 0.05) is 26.2 Å². The van der Waals surface area contributed by atoms with Gasteiger partial charge in [-0.2, -0.15) is 0 Å². The third-order valence-corrected chi connectivity index (χ3v) is 4.81. The van der Waals surface area contributed by atoms with E-state index >= 15 is 0 Å². The van der Waals surface area contributed by atoms with Gasteiger partial charge in [0.1, 0.15) is 5.69 Å². The van der Waals surface area contributed by atoms with Gasteiger partial charge in [0.15, 0.2) is 5.82 Å². The van der Waals surface area contributed by atoms with Crippen molar-refractivity contribution in [1.82, 2.24) is 0 Å². The van der Waals surface area contributed by atoms with Crippen molar-refractivity contribution >= 4 is 17.1 Å². The van der Waals surface area contributed by atoms with Crippen molar-refractivity contribution in [2.75, 3.05) is 36.0 Å². The maximum absolute atomic E-state index is 14.3. The Morgan fingerprint density at radius 1 is 1.09 bits per heavy atom. The van der Waals surface area contributed by atoms with E-state index in [4.69, 9.17) is 0 Å². The average Bonchev–Trinajstić information content (AvgIpc) is 3.02. The fourth-order valence-corrected chi connectivity index (χ4v) is 3.39. The highest BCUT2D eigenvalue weighted by Gasteiger charge is 2.27. The molecule has 0 bridgehead atoms. The van der Waals surface area contributed by atoms with Crippen LogP contribution in [-0.4, -0.2) is 31.1 Å². The molecule has 5 nitrogen and oxygen atoms in total. The number of nitro benzene ring substituents is 1. The lowest BCUT2D eigenvalue weighted by molar-refractivity contribution is -0.384. The summed E-state index contributed by atoms with van der Waals surface area (Å²) in [5.41, 5.74) is 0.965. The molecule has 22 heavy (non-hydrogen) atoms. The Morgan fingerprint density at radius 2 is 1.68 bits per heavy atom. The third-order valence-electron chi connectivity index (χ3n) is 4.81. The number of halogens is 1. The number of anilines is 2. The molecule has 2 fully saturated rings. The van der Waals surface area contributed by atoms with E-state index in [1.54, 1.807) is 6.07 Å². The van der Waals surface area contributed by atoms with E-state index in [9.17, 15) is 14.5 Å². The fourth-order valence-electron chi connectivity index (χ4n) is 3.39. The third kappa shape index (κ3) is 2.87. The van der Waals surface area contributed by atoms with Crippen molar-refractivity contribution in [3.63, 3.8) is 0 Å². The van der Waals surface area contributed by atoms with Crippen molar-refractivity contribution < 1.29 is 9.31 Å². The molecule has 1 aromatic rings. The lowest BCUT2D eigenvalue weighted by Gasteiger charge is -2.32. The minimum Gasteiger partial charge on any atom is -0.369 e. The van der Waals surface area contributed by atoms with E-state index in [0.29, 0.717) is 17.3 Å². The van der Waals surface area contributed by atoms with Crippen LogP contribution in [0.2, 0.25) is 0 Å². The summed E-state index contributed by atoms with van der Waals surface area (Å²) in [5.74, 6) is 0.163. The fraction of sp³-hybridized carbons (Fsp3) is 0.625. The zero-order chi connectivity index (χ0) is 15.7. The highest BCUT2D eigenvalue weighted by atomic mass is 19.1. The molecule has 2 aliphatic rings. The number of hydrogen-bond donors (Lipinski definition) is 0. The van der Waals surface area contributed by atoms with Crippen LogP contribution in [0.25, 0.3) is 0 Å². The largest absolute Gasteiger partial charge is 0.369 e. The summed E-state index contributed by atoms with van der Waals surface area (Å²) in [6.45, 7) is 5.45. The summed E-state index contributed by atoms with van der Waals surface area (Å²) >= 11 is 0. The van der Waals surface area contributed by atoms with Gasteiger partial charge in [-0.1, -0.05) is 6.92 Å². The van der Waals surface area contributed by atoms with Crippen LogP contribution in [0.5, 0.6) is 0 Å². The second-order valence-electron chi connectivity index (χ2n) is 6.41. The number of rotatable bonds is 3. The molecular formula is C16H22FN3O2. The molecule has 120 valence electrons. The van der Waals surface area contributed by atoms with Crippen molar-refractivity contribution in [2.24, 2.45) is 5.92 Å². The van der Waals surface area contributed by atoms with E-state index in [-0.39, 0.29) is 5.69 Å². The molecule has 2 heterocycles. The molecule has 0 radical (unpaired) electrons. The van der Waals surface area contributed by atoms with Gasteiger partial charge in [0.05, 0.1) is 16.7 Å². The van der Waals surface area contributed by atoms with Gasteiger partial charge in [-0.25, -0.2) is 4.39 Å². The summed E-state index contributed by atoms with van der Waals surface area (Å²) < 4.78 is 14.3. The summed E-state index contributed by atoms with van der Waals surface area (Å²) in [4.78, 5) is 14.9. The molecule has 1 aromatic carbocycles. The topological polar surface area (TPSA) is 49.6 Å². The van der Waals surface area contributed by atoms with Crippen LogP contribution in [0.3, 0.4) is 0 Å². The lowest BCUT2D eigenvalue weighted by atomic mass is 9.98. The predicted octanol–water partition coefficient (Wildman–Crippen LogP) is 3.57. The highest BCUT2D eigenvalue weighted by Crippen LogP contribution is 2.37. The molecule has 0 aliphatic carbocycles. The predicted molar refractivity (Wildman–Crippen MR) is 85.1 cm³/mol. The Bertz CT molecular complexity index is 565. The first kappa shape index (κ1) is 15.1. The monoisotopic (exact) mass is 307 g/mol. The molecule has 0 spiro atoms. The van der Waals surface area contributed by atoms with Crippen LogP contribution < -0.4 is 9.80 Å². The smallest absolute Gasteiger partial charge is 0.295 e. The summed E-state index contributed by atoms with van der Waals surface area (Å²) in [5, 5.41) is 11.3. The molecular weight excluding hydrogens is 285 g/mol. The molecule has 2 aliphatic heterocycles. The van der Waals surface area contributed by atoms with Gasteiger partial charge in [-0.15, -0.1) is 0 Å². The molecule has 3 rings (SSSR count). The van der Waals surface area contributed by atoms with Crippen LogP contribution in [0, 0.1) is 21.8 Å². The molecule has 0 atom stereocenters. The Hall–Kier alpha value is -1.85. The number of piperidine rings is 1. The first-order valence-corrected chi connectivity index (χ1v) is 8.04. The van der Waals surface area contributed by atoms with Gasteiger partial charge < -0.3 is 9.80 Å². The minimum absolute atomic E-state index is 0.116. The van der Waals surface area contributed by atoms with Gasteiger partial charge in [0.2, 0.25) is 0 Å². The highest BCUT2D eigenvalue weighted by molar-refractivity contribution is 5.71. The van der Waals surface area contributed by atoms with Crippen molar-refractivity contribution in [2.45, 2.75) is 32.6 Å². The van der Waals surface area contributed by atoms with Crippen molar-refractivity contribution in [3.05, 3.63) is 28.1 Å². The van der Waals surface area contributed by atoms with E-state index in [2.05, 4.69) is 6.92 Å². The summed E-state index contributed by atoms with van der Waals surface area (Å²) in [6.07, 6.45) is 4.14. The van der Waals surface area contributed by atoms with Crippen molar-refractivity contribution in [3.8, 4) is 0 Å². The maximum atomic E-state index is 14.3. The Labute approximate surface area is 129 Å². The second-order valence-corrected chi connectivity index (χ2v) is 6.41. The maximum Gasteiger partial charge on any atom is 0.295 e. The number of nitro groups is 1. The van der Waals surface area contributed by atoms with E-state index in [0.717, 1.165) is 57.9 Å². The molecule has 6 heteroatoms. The minimum atomic E-state index is -0.484. The van der Waals surface area contributed by atoms with Gasteiger partial charge in [0.25, 0.3) is 5.69 Å². The van der Waals surface area contributed by atoms with Crippen LogP contribution in [0.15, 0.2) is 12.1 Å². The first-order valence-electron chi connectivity index (χ1n) is 8.04. The zero-order valence-electron chi connectivity index (χ0n) is 12.9. The molecule has 0 aromatic heterocycles. The average molecular weight is 307 g/mol. The number of hydrogen-bond acceptors (Lipinski definition) is 4. The standard InChI is InChI=1S/C16H22FN3O2/c1-12-4-8-19(9-5-12)15-11-14(18-6-2-3-7-18)13(17)10-16(15)20(21)22/h10-12H,2-9H2,1H3. The molecule has 0 N–H and O–H groups in total. The first-order chi connectivity index (χ1) is 10.6. The van der Waals surface area contributed by atoms with Crippen LogP contribution >= 0.6 is 0 Å². The molecule has 0 amide bonds. The SMILES string of the molecule is CC1CCN(c2cc(N3CCCC3)c(F)cc2[N+](=O)[O-])CC1. The molecule has 2 saturated heterocycles. The van der Waals surface area contributed by atoms with E-state index in [1.165, 1.54) is 0 Å². The molecule has 0 saturated carbocycles. The van der Waals surface area contributed by atoms with E-state index < -0.39 is 10.7 Å². The van der Waals surface area contributed by atoms with Gasteiger partial charge >= 0.3 is 0 Å². The Kier molecular flexibility index (Phi) is 4.18. The zero-order valence-corrected chi connectivity index (χ0v) is 12.9. The van der Waals surface area contributed by atoms with Gasteiger partial charge in [-0.05, 0) is 37.7 Å². The Balaban J connectivity index is 1.97. The van der Waals surface area contributed by atoms with Crippen molar-refractivity contribution in [1.29, 1.82) is 0 Å². The number of nitrogens with zero attached hydrogens (tertiary/aromatic N) is 3. The molecule has 0 unspecified atom stereocenters. The quantitative estimate of drug-likeness (QED) is 0.633. The van der Waals surface area contributed by atoms with Crippen LogP contribution in [0.1, 0.15) is 32.6 Å². The summed E-state index contributed by atoms with van der Waals surface area (Å²) in [6, 6.07) is 2.79. The normalized spacial score (nSPS) is 19.7. The van der Waals surface area contributed by atoms with Crippen LogP contribution in [-0.2, 0) is 0 Å². The summed E-state index contributed by atoms with van der Waals surface area (Å²) in [7, 11) is 0. The number of benzene rings is 1. The Morgan fingerprint density at radius 3 is 2.27 bits per heavy atom.